The molecule has 1 unspecified atom stereocenters. The van der Waals surface area contributed by atoms with Crippen molar-refractivity contribution in [2.45, 2.75) is 26.4 Å². The summed E-state index contributed by atoms with van der Waals surface area (Å²) in [7, 11) is 3.15. The Morgan fingerprint density at radius 3 is 2.62 bits per heavy atom. The predicted molar refractivity (Wildman–Crippen MR) is 125 cm³/mol. The summed E-state index contributed by atoms with van der Waals surface area (Å²) in [5.74, 6) is 1.75. The molecule has 5 rings (SSSR count). The minimum atomic E-state index is -0.485. The Hall–Kier alpha value is -4.20. The van der Waals surface area contributed by atoms with E-state index in [9.17, 15) is 9.90 Å². The molecule has 1 amide bonds. The van der Waals surface area contributed by atoms with Gasteiger partial charge < -0.3 is 23.9 Å². The van der Waals surface area contributed by atoms with E-state index in [2.05, 4.69) is 10.2 Å². The van der Waals surface area contributed by atoms with Crippen LogP contribution in [0.25, 0.3) is 11.3 Å². The van der Waals surface area contributed by atoms with Gasteiger partial charge in [0.25, 0.3) is 5.91 Å². The molecule has 1 atom stereocenters. The summed E-state index contributed by atoms with van der Waals surface area (Å²) < 4.78 is 16.5. The van der Waals surface area contributed by atoms with E-state index in [4.69, 9.17) is 13.9 Å². The Balaban J connectivity index is 1.71. The standard InChI is InChI=1S/C26H25N3O5/c1-14-10-15(2)25(30)18(11-14)22-21-23(28-27-22)26(31)29(13-17-6-5-9-34-17)24(21)16-7-8-19(32-3)20(12-16)33-4/h5-12,24,30H,13H2,1-4H3,(H,27,28). The molecule has 0 spiro atoms. The largest absolute Gasteiger partial charge is 0.507 e. The number of benzene rings is 2. The van der Waals surface area contributed by atoms with Crippen molar-refractivity contribution in [1.29, 1.82) is 0 Å². The van der Waals surface area contributed by atoms with Gasteiger partial charge in [0.05, 0.1) is 33.1 Å². The molecule has 0 saturated carbocycles. The number of carbonyl (C=O) groups excluding carboxylic acids is 1. The van der Waals surface area contributed by atoms with Crippen molar-refractivity contribution in [3.8, 4) is 28.5 Å². The fourth-order valence-corrected chi connectivity index (χ4v) is 4.65. The zero-order valence-corrected chi connectivity index (χ0v) is 19.4. The number of rotatable bonds is 6. The number of nitrogens with one attached hydrogen (secondary N) is 1. The number of furan rings is 1. The molecule has 8 nitrogen and oxygen atoms in total. The molecule has 2 aromatic heterocycles. The summed E-state index contributed by atoms with van der Waals surface area (Å²) in [6.45, 7) is 4.08. The van der Waals surface area contributed by atoms with E-state index in [0.717, 1.165) is 16.7 Å². The molecule has 0 saturated heterocycles. The summed E-state index contributed by atoms with van der Waals surface area (Å²) in [5, 5.41) is 18.3. The number of fused-ring (bicyclic) bond motifs is 1. The van der Waals surface area contributed by atoms with Crippen LogP contribution in [0.1, 0.15) is 44.5 Å². The monoisotopic (exact) mass is 459 g/mol. The maximum Gasteiger partial charge on any atom is 0.273 e. The molecule has 1 aliphatic rings. The molecule has 8 heteroatoms. The SMILES string of the molecule is COc1ccc(C2c3c(-c4cc(C)cc(C)c4O)n[nH]c3C(=O)N2Cc2ccco2)cc1OC. The van der Waals surface area contributed by atoms with E-state index in [1.165, 1.54) is 0 Å². The molecule has 0 fully saturated rings. The van der Waals surface area contributed by atoms with Gasteiger partial charge in [-0.2, -0.15) is 5.10 Å². The van der Waals surface area contributed by atoms with Crippen LogP contribution in [0.2, 0.25) is 0 Å². The first-order chi connectivity index (χ1) is 16.4. The average molecular weight is 460 g/mol. The van der Waals surface area contributed by atoms with Gasteiger partial charge in [-0.3, -0.25) is 9.89 Å². The van der Waals surface area contributed by atoms with Crippen molar-refractivity contribution >= 4 is 5.91 Å². The molecular weight excluding hydrogens is 434 g/mol. The van der Waals surface area contributed by atoms with Gasteiger partial charge in [-0.25, -0.2) is 0 Å². The number of nitrogens with zero attached hydrogens (tertiary/aromatic N) is 2. The van der Waals surface area contributed by atoms with Crippen molar-refractivity contribution in [3.63, 3.8) is 0 Å². The Morgan fingerprint density at radius 2 is 1.91 bits per heavy atom. The zero-order valence-electron chi connectivity index (χ0n) is 19.4. The number of hydrogen-bond donors (Lipinski definition) is 2. The quantitative estimate of drug-likeness (QED) is 0.431. The highest BCUT2D eigenvalue weighted by Crippen LogP contribution is 2.47. The number of amides is 1. The van der Waals surface area contributed by atoms with Crippen LogP contribution in [0.3, 0.4) is 0 Å². The van der Waals surface area contributed by atoms with E-state index in [1.807, 2.05) is 50.2 Å². The highest BCUT2D eigenvalue weighted by molar-refractivity contribution is 6.00. The summed E-state index contributed by atoms with van der Waals surface area (Å²) in [6, 6.07) is 12.5. The molecular formula is C26H25N3O5. The molecule has 0 bridgehead atoms. The van der Waals surface area contributed by atoms with Crippen LogP contribution in [0.15, 0.2) is 53.1 Å². The van der Waals surface area contributed by atoms with Crippen LogP contribution in [-0.4, -0.2) is 40.3 Å². The first-order valence-corrected chi connectivity index (χ1v) is 10.9. The molecule has 4 aromatic rings. The lowest BCUT2D eigenvalue weighted by Gasteiger charge is -2.26. The highest BCUT2D eigenvalue weighted by Gasteiger charge is 2.43. The molecule has 2 aromatic carbocycles. The van der Waals surface area contributed by atoms with Gasteiger partial charge in [-0.05, 0) is 60.9 Å². The van der Waals surface area contributed by atoms with Crippen LogP contribution in [-0.2, 0) is 6.54 Å². The van der Waals surface area contributed by atoms with Gasteiger partial charge in [-0.15, -0.1) is 0 Å². The molecule has 174 valence electrons. The van der Waals surface area contributed by atoms with Gasteiger partial charge in [0.2, 0.25) is 0 Å². The lowest BCUT2D eigenvalue weighted by Crippen LogP contribution is -2.29. The van der Waals surface area contributed by atoms with Gasteiger partial charge in [-0.1, -0.05) is 12.1 Å². The van der Waals surface area contributed by atoms with Crippen molar-refractivity contribution in [2.75, 3.05) is 14.2 Å². The number of methoxy groups -OCH3 is 2. The summed E-state index contributed by atoms with van der Waals surface area (Å²) in [5.41, 5.74) is 4.75. The molecule has 3 heterocycles. The van der Waals surface area contributed by atoms with Crippen LogP contribution >= 0.6 is 0 Å². The fraction of sp³-hybridized carbons (Fsp3) is 0.231. The molecule has 0 radical (unpaired) electrons. The second kappa shape index (κ2) is 8.30. The molecule has 34 heavy (non-hydrogen) atoms. The number of carbonyl (C=O) groups is 1. The average Bonchev–Trinajstić information content (AvgIpc) is 3.55. The Morgan fingerprint density at radius 1 is 1.12 bits per heavy atom. The van der Waals surface area contributed by atoms with E-state index in [-0.39, 0.29) is 18.2 Å². The summed E-state index contributed by atoms with van der Waals surface area (Å²) in [4.78, 5) is 15.3. The minimum Gasteiger partial charge on any atom is -0.507 e. The van der Waals surface area contributed by atoms with E-state index >= 15 is 0 Å². The smallest absolute Gasteiger partial charge is 0.273 e. The molecule has 2 N–H and O–H groups in total. The Kier molecular flexibility index (Phi) is 5.28. The number of ether oxygens (including phenoxy) is 2. The van der Waals surface area contributed by atoms with Crippen molar-refractivity contribution in [1.82, 2.24) is 15.1 Å². The number of aromatic nitrogens is 2. The highest BCUT2D eigenvalue weighted by atomic mass is 16.5. The summed E-state index contributed by atoms with van der Waals surface area (Å²) >= 11 is 0. The number of phenolic OH excluding ortho intramolecular Hbond substituents is 1. The lowest BCUT2D eigenvalue weighted by molar-refractivity contribution is 0.0716. The van der Waals surface area contributed by atoms with Gasteiger partial charge in [0.1, 0.15) is 22.9 Å². The number of aromatic hydroxyl groups is 1. The third-order valence-corrected chi connectivity index (χ3v) is 6.19. The first kappa shape index (κ1) is 21.6. The predicted octanol–water partition coefficient (Wildman–Crippen LogP) is 4.75. The normalized spacial score (nSPS) is 15.0. The van der Waals surface area contributed by atoms with Gasteiger partial charge in [0.15, 0.2) is 11.5 Å². The van der Waals surface area contributed by atoms with Crippen LogP contribution in [0.5, 0.6) is 17.2 Å². The number of aryl methyl sites for hydroxylation is 2. The lowest BCUT2D eigenvalue weighted by atomic mass is 9.94. The third-order valence-electron chi connectivity index (χ3n) is 6.19. The topological polar surface area (TPSA) is 101 Å². The van der Waals surface area contributed by atoms with Crippen molar-refractivity contribution < 1.29 is 23.8 Å². The van der Waals surface area contributed by atoms with E-state index in [0.29, 0.717) is 39.8 Å². The number of aromatic amines is 1. The van der Waals surface area contributed by atoms with Crippen LogP contribution in [0, 0.1) is 13.8 Å². The second-order valence-electron chi connectivity index (χ2n) is 8.37. The maximum absolute atomic E-state index is 13.5. The maximum atomic E-state index is 13.5. The van der Waals surface area contributed by atoms with Crippen molar-refractivity contribution in [2.24, 2.45) is 0 Å². The Bertz CT molecular complexity index is 1370. The van der Waals surface area contributed by atoms with Gasteiger partial charge in [0, 0.05) is 11.1 Å². The van der Waals surface area contributed by atoms with Crippen molar-refractivity contribution in [3.05, 3.63) is 82.4 Å². The van der Waals surface area contributed by atoms with E-state index < -0.39 is 6.04 Å². The number of hydrogen-bond acceptors (Lipinski definition) is 6. The second-order valence-corrected chi connectivity index (χ2v) is 8.37. The third kappa shape index (κ3) is 3.39. The molecule has 0 aliphatic carbocycles. The minimum absolute atomic E-state index is 0.142. The first-order valence-electron chi connectivity index (χ1n) is 10.9. The Labute approximate surface area is 196 Å². The fourth-order valence-electron chi connectivity index (χ4n) is 4.65. The number of H-pyrrole nitrogens is 1. The van der Waals surface area contributed by atoms with E-state index in [1.54, 1.807) is 31.4 Å². The summed E-state index contributed by atoms with van der Waals surface area (Å²) in [6.07, 6.45) is 1.58. The van der Waals surface area contributed by atoms with Crippen LogP contribution < -0.4 is 9.47 Å². The molecule has 1 aliphatic heterocycles. The van der Waals surface area contributed by atoms with Crippen LogP contribution in [0.4, 0.5) is 0 Å². The van der Waals surface area contributed by atoms with Gasteiger partial charge >= 0.3 is 0 Å². The number of phenols is 1. The zero-order chi connectivity index (χ0) is 24.0.